The van der Waals surface area contributed by atoms with Gasteiger partial charge in [-0.15, -0.1) is 5.10 Å². The van der Waals surface area contributed by atoms with Crippen LogP contribution >= 0.6 is 0 Å². The van der Waals surface area contributed by atoms with Crippen molar-refractivity contribution in [3.05, 3.63) is 64.7 Å². The zero-order chi connectivity index (χ0) is 16.4. The molecule has 0 fully saturated rings. The Bertz CT molecular complexity index is 957. The molecule has 2 aromatic heterocycles. The summed E-state index contributed by atoms with van der Waals surface area (Å²) in [6.07, 6.45) is 1.57. The van der Waals surface area contributed by atoms with E-state index in [1.54, 1.807) is 42.6 Å². The van der Waals surface area contributed by atoms with E-state index in [0.717, 1.165) is 4.68 Å². The van der Waals surface area contributed by atoms with Crippen molar-refractivity contribution in [2.75, 3.05) is 5.32 Å². The van der Waals surface area contributed by atoms with Gasteiger partial charge in [0.1, 0.15) is 6.54 Å². The minimum Gasteiger partial charge on any atom is -0.366 e. The van der Waals surface area contributed by atoms with Gasteiger partial charge in [-0.2, -0.15) is 0 Å². The van der Waals surface area contributed by atoms with Gasteiger partial charge in [0.15, 0.2) is 5.65 Å². The number of rotatable bonds is 4. The molecule has 23 heavy (non-hydrogen) atoms. The van der Waals surface area contributed by atoms with Gasteiger partial charge in [-0.3, -0.25) is 14.0 Å². The molecule has 0 unspecified atom stereocenters. The summed E-state index contributed by atoms with van der Waals surface area (Å²) >= 11 is 0. The fraction of sp³-hybridized carbons (Fsp3) is 0.0667. The number of aromatic nitrogens is 3. The van der Waals surface area contributed by atoms with Crippen molar-refractivity contribution in [1.29, 1.82) is 0 Å². The fourth-order valence-electron chi connectivity index (χ4n) is 2.20. The number of carbonyl (C=O) groups is 2. The number of amides is 2. The second-order valence-corrected chi connectivity index (χ2v) is 4.83. The van der Waals surface area contributed by atoms with Gasteiger partial charge >= 0.3 is 5.69 Å². The van der Waals surface area contributed by atoms with Gasteiger partial charge in [0.25, 0.3) is 5.91 Å². The Morgan fingerprint density at radius 1 is 1.13 bits per heavy atom. The number of hydrogen-bond acceptors (Lipinski definition) is 4. The van der Waals surface area contributed by atoms with Crippen LogP contribution in [0.15, 0.2) is 53.5 Å². The molecule has 8 nitrogen and oxygen atoms in total. The van der Waals surface area contributed by atoms with Crippen molar-refractivity contribution >= 4 is 23.1 Å². The van der Waals surface area contributed by atoms with Crippen LogP contribution in [-0.4, -0.2) is 26.0 Å². The summed E-state index contributed by atoms with van der Waals surface area (Å²) in [6.45, 7) is -0.270. The number of hydrogen-bond donors (Lipinski definition) is 2. The van der Waals surface area contributed by atoms with Crippen LogP contribution in [0.5, 0.6) is 0 Å². The number of nitrogens with zero attached hydrogens (tertiary/aromatic N) is 3. The molecule has 0 aliphatic carbocycles. The van der Waals surface area contributed by atoms with Crippen LogP contribution in [0.2, 0.25) is 0 Å². The first-order valence-electron chi connectivity index (χ1n) is 6.79. The maximum Gasteiger partial charge on any atom is 0.350 e. The molecule has 3 aromatic rings. The molecule has 3 N–H and O–H groups in total. The molecule has 2 amide bonds. The van der Waals surface area contributed by atoms with Crippen LogP contribution in [0.25, 0.3) is 5.65 Å². The van der Waals surface area contributed by atoms with Crippen molar-refractivity contribution in [1.82, 2.24) is 14.2 Å². The van der Waals surface area contributed by atoms with Gasteiger partial charge in [0.2, 0.25) is 5.91 Å². The molecule has 0 radical (unpaired) electrons. The average Bonchev–Trinajstić information content (AvgIpc) is 2.84. The largest absolute Gasteiger partial charge is 0.366 e. The summed E-state index contributed by atoms with van der Waals surface area (Å²) in [4.78, 5) is 35.5. The van der Waals surface area contributed by atoms with Gasteiger partial charge in [0.05, 0.1) is 11.3 Å². The molecule has 3 rings (SSSR count). The Labute approximate surface area is 130 Å². The van der Waals surface area contributed by atoms with E-state index in [2.05, 4.69) is 10.4 Å². The fourth-order valence-corrected chi connectivity index (χ4v) is 2.20. The summed E-state index contributed by atoms with van der Waals surface area (Å²) in [5.41, 5.74) is 5.78. The molecule has 2 heterocycles. The molecule has 0 saturated heterocycles. The van der Waals surface area contributed by atoms with Gasteiger partial charge in [-0.25, -0.2) is 9.48 Å². The van der Waals surface area contributed by atoms with Crippen molar-refractivity contribution in [2.24, 2.45) is 5.73 Å². The quantitative estimate of drug-likeness (QED) is 0.718. The van der Waals surface area contributed by atoms with Crippen LogP contribution in [0.1, 0.15) is 10.4 Å². The summed E-state index contributed by atoms with van der Waals surface area (Å²) in [7, 11) is 0. The standard InChI is InChI=1S/C15H13N5O3/c16-14(22)10-5-1-2-6-11(10)17-13(21)9-20-15(23)19-8-4-3-7-12(19)18-20/h1-8H,9H2,(H2,16,22)(H,17,21). The average molecular weight is 311 g/mol. The number of anilines is 1. The smallest absolute Gasteiger partial charge is 0.350 e. The molecule has 0 saturated carbocycles. The molecule has 8 heteroatoms. The summed E-state index contributed by atoms with van der Waals surface area (Å²) in [5.74, 6) is -1.13. The highest BCUT2D eigenvalue weighted by Crippen LogP contribution is 2.14. The Hall–Kier alpha value is -3.42. The second kappa shape index (κ2) is 5.76. The number of pyridine rings is 1. The van der Waals surface area contributed by atoms with Crippen molar-refractivity contribution in [3.8, 4) is 0 Å². The van der Waals surface area contributed by atoms with E-state index in [0.29, 0.717) is 11.3 Å². The zero-order valence-corrected chi connectivity index (χ0v) is 12.0. The van der Waals surface area contributed by atoms with Crippen molar-refractivity contribution in [3.63, 3.8) is 0 Å². The lowest BCUT2D eigenvalue weighted by atomic mass is 10.1. The molecule has 0 bridgehead atoms. The topological polar surface area (TPSA) is 111 Å². The van der Waals surface area contributed by atoms with Crippen LogP contribution in [0.4, 0.5) is 5.69 Å². The van der Waals surface area contributed by atoms with E-state index in [9.17, 15) is 14.4 Å². The lowest BCUT2D eigenvalue weighted by Gasteiger charge is -2.08. The first-order valence-corrected chi connectivity index (χ1v) is 6.79. The number of para-hydroxylation sites is 1. The molecule has 0 aliphatic rings. The highest BCUT2D eigenvalue weighted by molar-refractivity contribution is 6.02. The normalized spacial score (nSPS) is 10.6. The maximum absolute atomic E-state index is 12.1. The second-order valence-electron chi connectivity index (χ2n) is 4.83. The van der Waals surface area contributed by atoms with Gasteiger partial charge in [-0.1, -0.05) is 18.2 Å². The lowest BCUT2D eigenvalue weighted by molar-refractivity contribution is -0.117. The van der Waals surface area contributed by atoms with E-state index >= 15 is 0 Å². The summed E-state index contributed by atoms with van der Waals surface area (Å²) in [6, 6.07) is 11.5. The Kier molecular flexibility index (Phi) is 3.63. The van der Waals surface area contributed by atoms with Crippen LogP contribution in [0, 0.1) is 0 Å². The SMILES string of the molecule is NC(=O)c1ccccc1NC(=O)Cn1nc2ccccn2c1=O. The predicted molar refractivity (Wildman–Crippen MR) is 83.0 cm³/mol. The molecule has 116 valence electrons. The van der Waals surface area contributed by atoms with Gasteiger partial charge in [-0.05, 0) is 24.3 Å². The predicted octanol–water partition coefficient (Wildman–Crippen LogP) is 0.234. The van der Waals surface area contributed by atoms with Crippen LogP contribution < -0.4 is 16.7 Å². The zero-order valence-electron chi connectivity index (χ0n) is 12.0. The van der Waals surface area contributed by atoms with E-state index in [1.807, 2.05) is 0 Å². The third kappa shape index (κ3) is 2.82. The minimum atomic E-state index is -0.647. The summed E-state index contributed by atoms with van der Waals surface area (Å²) in [5, 5.41) is 6.63. The molecule has 0 spiro atoms. The minimum absolute atomic E-state index is 0.197. The number of primary amides is 1. The number of benzene rings is 1. The highest BCUT2D eigenvalue weighted by atomic mass is 16.2. The molecular formula is C15H13N5O3. The van der Waals surface area contributed by atoms with Crippen LogP contribution in [-0.2, 0) is 11.3 Å². The molecule has 1 aromatic carbocycles. The summed E-state index contributed by atoms with van der Waals surface area (Å²) < 4.78 is 2.39. The highest BCUT2D eigenvalue weighted by Gasteiger charge is 2.13. The third-order valence-corrected chi connectivity index (χ3v) is 3.25. The third-order valence-electron chi connectivity index (χ3n) is 3.25. The van der Waals surface area contributed by atoms with Crippen molar-refractivity contribution < 1.29 is 9.59 Å². The maximum atomic E-state index is 12.1. The van der Waals surface area contributed by atoms with Crippen LogP contribution in [0.3, 0.4) is 0 Å². The Morgan fingerprint density at radius 2 is 1.87 bits per heavy atom. The van der Waals surface area contributed by atoms with E-state index < -0.39 is 17.5 Å². The van der Waals surface area contributed by atoms with E-state index in [1.165, 1.54) is 10.5 Å². The number of nitrogens with one attached hydrogen (secondary N) is 1. The van der Waals surface area contributed by atoms with Crippen molar-refractivity contribution in [2.45, 2.75) is 6.54 Å². The van der Waals surface area contributed by atoms with E-state index in [-0.39, 0.29) is 12.1 Å². The number of nitrogens with two attached hydrogens (primary N) is 1. The molecule has 0 atom stereocenters. The molecule has 0 aliphatic heterocycles. The Balaban J connectivity index is 1.83. The van der Waals surface area contributed by atoms with Gasteiger partial charge < -0.3 is 11.1 Å². The number of fused-ring (bicyclic) bond motifs is 1. The van der Waals surface area contributed by atoms with Gasteiger partial charge in [0, 0.05) is 6.20 Å². The Morgan fingerprint density at radius 3 is 2.61 bits per heavy atom. The lowest BCUT2D eigenvalue weighted by Crippen LogP contribution is -2.28. The number of carbonyl (C=O) groups excluding carboxylic acids is 2. The van der Waals surface area contributed by atoms with E-state index in [4.69, 9.17) is 5.73 Å². The first-order chi connectivity index (χ1) is 11.1. The molecular weight excluding hydrogens is 298 g/mol. The monoisotopic (exact) mass is 311 g/mol. The first kappa shape index (κ1) is 14.5.